The number of hydrogen-bond donors (Lipinski definition) is 0. The van der Waals surface area contributed by atoms with Crippen molar-refractivity contribution >= 4 is 0 Å². The number of rotatable bonds is 3. The Balaban J connectivity index is 2.10. The number of nitrogens with zero attached hydrogens (tertiary/aromatic N) is 2. The molecule has 2 nitrogen and oxygen atoms in total. The van der Waals surface area contributed by atoms with Crippen molar-refractivity contribution in [2.45, 2.75) is 19.6 Å². The average Bonchev–Trinajstić information content (AvgIpc) is 2.66. The lowest BCUT2D eigenvalue weighted by molar-refractivity contribution is 0.824. The Morgan fingerprint density at radius 3 is 2.57 bits per heavy atom. The van der Waals surface area contributed by atoms with Gasteiger partial charge in [0.05, 0.1) is 11.4 Å². The Hall–Kier alpha value is -2.48. The van der Waals surface area contributed by atoms with Crippen LogP contribution in [0.25, 0.3) is 22.5 Å². The lowest BCUT2D eigenvalue weighted by Crippen LogP contribution is -1.94. The van der Waals surface area contributed by atoms with Gasteiger partial charge in [0.25, 0.3) is 0 Å². The predicted octanol–water partition coefficient (Wildman–Crippen LogP) is 4.93. The average molecular weight is 281 g/mol. The highest BCUT2D eigenvalue weighted by atomic mass is 14.7. The molecule has 0 saturated carbocycles. The van der Waals surface area contributed by atoms with Crippen molar-refractivity contribution in [3.8, 4) is 22.5 Å². The second kappa shape index (κ2) is 5.88. The van der Waals surface area contributed by atoms with Gasteiger partial charge in [-0.2, -0.15) is 0 Å². The molecule has 2 heterocycles. The Bertz CT molecular complexity index is 952. The first-order chi connectivity index (χ1) is 13.0. The highest BCUT2D eigenvalue weighted by Gasteiger charge is 2.06. The molecule has 3 rings (SSSR count). The molecule has 3 aromatic rings. The minimum absolute atomic E-state index is 0.317. The van der Waals surface area contributed by atoms with Gasteiger partial charge in [0, 0.05) is 32.6 Å². The van der Waals surface area contributed by atoms with Gasteiger partial charge in [0.1, 0.15) is 0 Å². The van der Waals surface area contributed by atoms with Crippen molar-refractivity contribution in [2.24, 2.45) is 0 Å². The van der Waals surface area contributed by atoms with Crippen LogP contribution >= 0.6 is 0 Å². The molecule has 0 unspecified atom stereocenters. The lowest BCUT2D eigenvalue weighted by atomic mass is 10.1. The Morgan fingerprint density at radius 1 is 0.905 bits per heavy atom. The SMILES string of the molecule is [2H]C([2H])([2H])C([2H])(c1cccc(-c2ccnc(-c3ccccc3)c2)n1)C([2H])([2H])[2H]. The van der Waals surface area contributed by atoms with Gasteiger partial charge in [0.15, 0.2) is 0 Å². The summed E-state index contributed by atoms with van der Waals surface area (Å²) in [5.41, 5.74) is 2.31. The smallest absolute Gasteiger partial charge is 0.0708 e. The largest absolute Gasteiger partial charge is 0.256 e. The maximum Gasteiger partial charge on any atom is 0.0708 e. The van der Waals surface area contributed by atoms with Crippen LogP contribution in [0.1, 0.15) is 34.9 Å². The van der Waals surface area contributed by atoms with Crippen LogP contribution in [0.2, 0.25) is 0 Å². The minimum Gasteiger partial charge on any atom is -0.256 e. The summed E-state index contributed by atoms with van der Waals surface area (Å²) >= 11 is 0. The number of benzene rings is 1. The van der Waals surface area contributed by atoms with E-state index in [0.717, 1.165) is 5.56 Å². The van der Waals surface area contributed by atoms with Gasteiger partial charge in [0.2, 0.25) is 0 Å². The van der Waals surface area contributed by atoms with Crippen molar-refractivity contribution in [1.82, 2.24) is 9.97 Å². The van der Waals surface area contributed by atoms with Crippen molar-refractivity contribution in [3.05, 3.63) is 72.6 Å². The fraction of sp³-hybridized carbons (Fsp3) is 0.158. The number of hydrogen-bond acceptors (Lipinski definition) is 2. The van der Waals surface area contributed by atoms with Gasteiger partial charge in [-0.05, 0) is 30.2 Å². The molecule has 0 spiro atoms. The highest BCUT2D eigenvalue weighted by Crippen LogP contribution is 2.24. The molecular formula is C19H18N2. The molecule has 21 heavy (non-hydrogen) atoms. The molecule has 1 aromatic carbocycles. The van der Waals surface area contributed by atoms with E-state index in [4.69, 9.17) is 9.60 Å². The standard InChI is InChI=1S/C19H18N2/c1-14(2)17-9-6-10-18(21-17)16-11-12-20-19(13-16)15-7-4-3-5-8-15/h3-14H,1-2H3/i1D3,2D3,14D. The van der Waals surface area contributed by atoms with E-state index in [2.05, 4.69) is 9.97 Å². The highest BCUT2D eigenvalue weighted by molar-refractivity contribution is 5.68. The van der Waals surface area contributed by atoms with E-state index in [1.807, 2.05) is 30.3 Å². The first-order valence-electron chi connectivity index (χ1n) is 10.0. The third-order valence-electron chi connectivity index (χ3n) is 3.13. The van der Waals surface area contributed by atoms with Crippen molar-refractivity contribution in [1.29, 1.82) is 0 Å². The Kier molecular flexibility index (Phi) is 2.10. The fourth-order valence-electron chi connectivity index (χ4n) is 2.09. The summed E-state index contributed by atoms with van der Waals surface area (Å²) in [6.07, 6.45) is 1.60. The lowest BCUT2D eigenvalue weighted by Gasteiger charge is -2.08. The molecule has 2 heteroatoms. The van der Waals surface area contributed by atoms with E-state index in [-0.39, 0.29) is 5.69 Å². The summed E-state index contributed by atoms with van der Waals surface area (Å²) < 4.78 is 54.1. The molecule has 2 aromatic heterocycles. The van der Waals surface area contributed by atoms with Crippen LogP contribution in [-0.4, -0.2) is 9.97 Å². The zero-order valence-electron chi connectivity index (χ0n) is 18.2. The van der Waals surface area contributed by atoms with E-state index in [1.54, 1.807) is 24.4 Å². The third-order valence-corrected chi connectivity index (χ3v) is 3.13. The zero-order valence-corrected chi connectivity index (χ0v) is 11.2. The van der Waals surface area contributed by atoms with Gasteiger partial charge >= 0.3 is 0 Å². The van der Waals surface area contributed by atoms with Crippen LogP contribution in [0.15, 0.2) is 66.9 Å². The maximum absolute atomic E-state index is 8.30. The molecular weight excluding hydrogens is 256 g/mol. The first-order valence-corrected chi connectivity index (χ1v) is 6.53. The van der Waals surface area contributed by atoms with Gasteiger partial charge in [-0.15, -0.1) is 0 Å². The van der Waals surface area contributed by atoms with E-state index < -0.39 is 19.6 Å². The monoisotopic (exact) mass is 281 g/mol. The van der Waals surface area contributed by atoms with Crippen LogP contribution in [0.4, 0.5) is 0 Å². The molecule has 0 saturated heterocycles. The van der Waals surface area contributed by atoms with Gasteiger partial charge in [-0.3, -0.25) is 9.97 Å². The molecule has 0 amide bonds. The minimum atomic E-state index is -3.07. The molecule has 0 aliphatic carbocycles. The summed E-state index contributed by atoms with van der Waals surface area (Å²) in [6, 6.07) is 17.4. The zero-order chi connectivity index (χ0) is 20.6. The molecule has 104 valence electrons. The molecule has 0 fully saturated rings. The normalized spacial score (nSPS) is 17.4. The first kappa shape index (κ1) is 7.51. The molecule has 0 aliphatic heterocycles. The van der Waals surface area contributed by atoms with E-state index in [9.17, 15) is 0 Å². The van der Waals surface area contributed by atoms with Crippen LogP contribution in [0.5, 0.6) is 0 Å². The van der Waals surface area contributed by atoms with E-state index in [0.29, 0.717) is 17.0 Å². The van der Waals surface area contributed by atoms with Crippen LogP contribution in [-0.2, 0) is 0 Å². The van der Waals surface area contributed by atoms with Crippen LogP contribution < -0.4 is 0 Å². The van der Waals surface area contributed by atoms with E-state index in [1.165, 1.54) is 12.1 Å². The van der Waals surface area contributed by atoms with Crippen molar-refractivity contribution in [2.75, 3.05) is 0 Å². The molecule has 0 bridgehead atoms. The summed E-state index contributed by atoms with van der Waals surface area (Å²) in [6.45, 7) is -6.14. The molecule has 0 aliphatic rings. The fourth-order valence-corrected chi connectivity index (χ4v) is 2.09. The summed E-state index contributed by atoms with van der Waals surface area (Å²) in [4.78, 5) is 8.59. The second-order valence-electron chi connectivity index (χ2n) is 4.58. The third kappa shape index (κ3) is 3.00. The van der Waals surface area contributed by atoms with Gasteiger partial charge < -0.3 is 0 Å². The molecule has 0 radical (unpaired) electrons. The van der Waals surface area contributed by atoms with Crippen LogP contribution in [0, 0.1) is 0 Å². The van der Waals surface area contributed by atoms with Crippen molar-refractivity contribution < 1.29 is 9.60 Å². The van der Waals surface area contributed by atoms with Crippen LogP contribution in [0.3, 0.4) is 0 Å². The quantitative estimate of drug-likeness (QED) is 0.680. The predicted molar refractivity (Wildman–Crippen MR) is 87.0 cm³/mol. The Morgan fingerprint density at radius 2 is 1.76 bits per heavy atom. The van der Waals surface area contributed by atoms with Crippen molar-refractivity contribution in [3.63, 3.8) is 0 Å². The van der Waals surface area contributed by atoms with Gasteiger partial charge in [-0.1, -0.05) is 50.1 Å². The molecule has 0 atom stereocenters. The number of aromatic nitrogens is 2. The molecule has 0 N–H and O–H groups in total. The van der Waals surface area contributed by atoms with E-state index >= 15 is 0 Å². The number of pyridine rings is 2. The Labute approximate surface area is 135 Å². The summed E-state index contributed by atoms with van der Waals surface area (Å²) in [5, 5.41) is 0. The second-order valence-corrected chi connectivity index (χ2v) is 4.58. The summed E-state index contributed by atoms with van der Waals surface area (Å²) in [5.74, 6) is -2.83. The maximum atomic E-state index is 8.30. The summed E-state index contributed by atoms with van der Waals surface area (Å²) in [7, 11) is 0. The topological polar surface area (TPSA) is 25.8 Å². The van der Waals surface area contributed by atoms with Gasteiger partial charge in [-0.25, -0.2) is 0 Å².